The molecule has 12 heteroatoms. The average molecular weight is 474 g/mol. The lowest BCUT2D eigenvalue weighted by molar-refractivity contribution is -0.159. The van der Waals surface area contributed by atoms with Crippen molar-refractivity contribution in [2.24, 2.45) is 7.05 Å². The number of fused-ring (bicyclic) bond motifs is 1. The number of aromatic nitrogens is 4. The zero-order valence-corrected chi connectivity index (χ0v) is 18.2. The molecule has 1 fully saturated rings. The highest BCUT2D eigenvalue weighted by atomic mass is 19.4. The highest BCUT2D eigenvalue weighted by molar-refractivity contribution is 6.00. The van der Waals surface area contributed by atoms with E-state index in [1.807, 2.05) is 0 Å². The third-order valence-electron chi connectivity index (χ3n) is 6.28. The number of hydrogen-bond donors (Lipinski definition) is 1. The summed E-state index contributed by atoms with van der Waals surface area (Å²) in [5, 5.41) is 10.5. The number of alkyl halides is 3. The first-order valence-electron chi connectivity index (χ1n) is 10.9. The Morgan fingerprint density at radius 1 is 1.24 bits per heavy atom. The largest absolute Gasteiger partial charge is 0.471 e. The van der Waals surface area contributed by atoms with Crippen LogP contribution in [0.2, 0.25) is 0 Å². The van der Waals surface area contributed by atoms with Crippen LogP contribution in [0.25, 0.3) is 11.4 Å². The van der Waals surface area contributed by atoms with Crippen molar-refractivity contribution in [3.8, 4) is 11.4 Å². The third kappa shape index (κ3) is 4.03. The molecule has 1 saturated carbocycles. The Hall–Kier alpha value is -3.70. The maximum Gasteiger partial charge on any atom is 0.471 e. The molecule has 0 spiro atoms. The summed E-state index contributed by atoms with van der Waals surface area (Å²) in [7, 11) is 1.73. The van der Waals surface area contributed by atoms with Gasteiger partial charge >= 0.3 is 12.1 Å². The monoisotopic (exact) mass is 474 g/mol. The summed E-state index contributed by atoms with van der Waals surface area (Å²) >= 11 is 0. The number of benzene rings is 1. The molecule has 0 radical (unpaired) electrons. The summed E-state index contributed by atoms with van der Waals surface area (Å²) in [5.74, 6) is -2.15. The number of rotatable bonds is 4. The van der Waals surface area contributed by atoms with Gasteiger partial charge in [0.15, 0.2) is 0 Å². The Labute approximate surface area is 191 Å². The van der Waals surface area contributed by atoms with Gasteiger partial charge in [0.1, 0.15) is 0 Å². The van der Waals surface area contributed by atoms with E-state index < -0.39 is 12.1 Å². The van der Waals surface area contributed by atoms with Gasteiger partial charge in [0.2, 0.25) is 5.82 Å². The van der Waals surface area contributed by atoms with Crippen molar-refractivity contribution >= 4 is 11.8 Å². The van der Waals surface area contributed by atoms with E-state index in [1.54, 1.807) is 35.0 Å². The fraction of sp³-hybridized carbons (Fsp3) is 0.409. The van der Waals surface area contributed by atoms with Crippen molar-refractivity contribution in [3.05, 3.63) is 53.2 Å². The fourth-order valence-corrected chi connectivity index (χ4v) is 4.63. The Balaban J connectivity index is 1.36. The molecular weight excluding hydrogens is 453 g/mol. The van der Waals surface area contributed by atoms with E-state index in [4.69, 9.17) is 0 Å². The molecular formula is C22H21F3N6O3. The molecule has 2 amide bonds. The summed E-state index contributed by atoms with van der Waals surface area (Å²) in [6, 6.07) is 4.35. The maximum absolute atomic E-state index is 13.3. The van der Waals surface area contributed by atoms with Crippen molar-refractivity contribution in [1.29, 1.82) is 0 Å². The summed E-state index contributed by atoms with van der Waals surface area (Å²) in [5.41, 5.74) is 1.86. The van der Waals surface area contributed by atoms with E-state index in [0.717, 1.165) is 31.2 Å². The fourth-order valence-electron chi connectivity index (χ4n) is 4.63. The van der Waals surface area contributed by atoms with Gasteiger partial charge in [-0.2, -0.15) is 23.3 Å². The molecule has 3 heterocycles. The summed E-state index contributed by atoms with van der Waals surface area (Å²) in [4.78, 5) is 31.1. The minimum atomic E-state index is -4.75. The van der Waals surface area contributed by atoms with Crippen molar-refractivity contribution in [3.63, 3.8) is 0 Å². The molecule has 0 saturated heterocycles. The summed E-state index contributed by atoms with van der Waals surface area (Å²) in [6.45, 7) is 0.360. The highest BCUT2D eigenvalue weighted by Gasteiger charge is 2.40. The first-order chi connectivity index (χ1) is 16.2. The number of carbonyl (C=O) groups excluding carboxylic acids is 2. The van der Waals surface area contributed by atoms with Crippen LogP contribution in [0, 0.1) is 0 Å². The average Bonchev–Trinajstić information content (AvgIpc) is 3.53. The second-order valence-corrected chi connectivity index (χ2v) is 8.56. The molecule has 3 aromatic rings. The molecule has 0 unspecified atom stereocenters. The SMILES string of the molecule is Cn1cc(C(=O)N[C@@H]2CCCC[C@H]2N2Cc3ccc(-c4noc(C(F)(F)F)n4)cc3C2=O)cn1. The minimum absolute atomic E-state index is 0.195. The van der Waals surface area contributed by atoms with Crippen LogP contribution in [-0.2, 0) is 19.8 Å². The topological polar surface area (TPSA) is 106 Å². The second-order valence-electron chi connectivity index (χ2n) is 8.56. The number of amides is 2. The van der Waals surface area contributed by atoms with Crippen molar-refractivity contribution in [2.45, 2.75) is 50.5 Å². The Morgan fingerprint density at radius 2 is 2.03 bits per heavy atom. The lowest BCUT2D eigenvalue weighted by Gasteiger charge is -2.38. The molecule has 1 aromatic carbocycles. The van der Waals surface area contributed by atoms with E-state index >= 15 is 0 Å². The first-order valence-corrected chi connectivity index (χ1v) is 10.9. The molecule has 0 bridgehead atoms. The lowest BCUT2D eigenvalue weighted by atomic mass is 9.89. The van der Waals surface area contributed by atoms with Gasteiger partial charge in [-0.15, -0.1) is 0 Å². The number of carbonyl (C=O) groups is 2. The molecule has 2 atom stereocenters. The van der Waals surface area contributed by atoms with Crippen LogP contribution in [0.5, 0.6) is 0 Å². The van der Waals surface area contributed by atoms with Gasteiger partial charge in [-0.05, 0) is 24.5 Å². The predicted molar refractivity (Wildman–Crippen MR) is 111 cm³/mol. The number of nitrogens with zero attached hydrogens (tertiary/aromatic N) is 5. The van der Waals surface area contributed by atoms with Gasteiger partial charge in [-0.3, -0.25) is 14.3 Å². The molecule has 1 aliphatic heterocycles. The van der Waals surface area contributed by atoms with Crippen molar-refractivity contribution in [2.75, 3.05) is 0 Å². The van der Waals surface area contributed by atoms with Crippen LogP contribution in [0.15, 0.2) is 35.1 Å². The molecule has 1 aliphatic carbocycles. The molecule has 5 rings (SSSR count). The van der Waals surface area contributed by atoms with Crippen LogP contribution < -0.4 is 5.32 Å². The van der Waals surface area contributed by atoms with E-state index in [9.17, 15) is 22.8 Å². The smallest absolute Gasteiger partial charge is 0.347 e. The van der Waals surface area contributed by atoms with Gasteiger partial charge in [-0.25, -0.2) is 0 Å². The van der Waals surface area contributed by atoms with Gasteiger partial charge in [0.25, 0.3) is 11.8 Å². The number of aryl methyl sites for hydroxylation is 1. The van der Waals surface area contributed by atoms with E-state index in [1.165, 1.54) is 12.3 Å². The molecule has 34 heavy (non-hydrogen) atoms. The maximum atomic E-state index is 13.3. The first kappa shape index (κ1) is 22.1. The standard InChI is InChI=1S/C22H21F3N6O3/c1-30-10-14(9-26-30)19(32)27-16-4-2-3-5-17(16)31-11-13-7-6-12(8-15(13)20(31)33)18-28-21(34-29-18)22(23,24)25/h6-10,16-17H,2-5,11H2,1H3,(H,27,32)/t16-,17-/m1/s1. The Morgan fingerprint density at radius 3 is 2.74 bits per heavy atom. The lowest BCUT2D eigenvalue weighted by Crippen LogP contribution is -2.53. The normalized spacial score (nSPS) is 20.5. The summed E-state index contributed by atoms with van der Waals surface area (Å²) in [6.07, 6.45) is 1.73. The third-order valence-corrected chi connectivity index (χ3v) is 6.28. The van der Waals surface area contributed by atoms with Gasteiger partial charge in [0, 0.05) is 37.0 Å². The quantitative estimate of drug-likeness (QED) is 0.623. The number of halogens is 3. The van der Waals surface area contributed by atoms with Crippen LogP contribution >= 0.6 is 0 Å². The van der Waals surface area contributed by atoms with E-state index in [2.05, 4.69) is 25.1 Å². The number of nitrogens with one attached hydrogen (secondary N) is 1. The predicted octanol–water partition coefficient (Wildman–Crippen LogP) is 3.19. The van der Waals surface area contributed by atoms with Crippen LogP contribution in [0.4, 0.5) is 13.2 Å². The van der Waals surface area contributed by atoms with Crippen LogP contribution in [0.3, 0.4) is 0 Å². The van der Waals surface area contributed by atoms with Crippen molar-refractivity contribution < 1.29 is 27.3 Å². The molecule has 2 aromatic heterocycles. The van der Waals surface area contributed by atoms with E-state index in [0.29, 0.717) is 17.7 Å². The highest BCUT2D eigenvalue weighted by Crippen LogP contribution is 2.34. The van der Waals surface area contributed by atoms with Gasteiger partial charge in [0.05, 0.1) is 17.8 Å². The van der Waals surface area contributed by atoms with Crippen LogP contribution in [-0.4, -0.2) is 48.7 Å². The van der Waals surface area contributed by atoms with Gasteiger partial charge < -0.3 is 14.7 Å². The molecule has 9 nitrogen and oxygen atoms in total. The summed E-state index contributed by atoms with van der Waals surface area (Å²) < 4.78 is 44.3. The Bertz CT molecular complexity index is 1250. The minimum Gasteiger partial charge on any atom is -0.347 e. The van der Waals surface area contributed by atoms with Crippen molar-refractivity contribution in [1.82, 2.24) is 30.1 Å². The molecule has 178 valence electrons. The zero-order chi connectivity index (χ0) is 24.0. The Kier molecular flexibility index (Phi) is 5.37. The molecule has 2 aliphatic rings. The molecule has 1 N–H and O–H groups in total. The van der Waals surface area contributed by atoms with Crippen LogP contribution in [0.1, 0.15) is 57.9 Å². The van der Waals surface area contributed by atoms with E-state index in [-0.39, 0.29) is 35.3 Å². The zero-order valence-electron chi connectivity index (χ0n) is 18.2. The number of hydrogen-bond acceptors (Lipinski definition) is 6. The second kappa shape index (κ2) is 8.26. The van der Waals surface area contributed by atoms with Gasteiger partial charge in [-0.1, -0.05) is 30.1 Å².